The number of ketones is 1. The maximum Gasteiger partial charge on any atom is 0.159 e. The van der Waals surface area contributed by atoms with Crippen LogP contribution in [0.5, 0.6) is 0 Å². The van der Waals surface area contributed by atoms with Gasteiger partial charge in [-0.15, -0.1) is 0 Å². The van der Waals surface area contributed by atoms with Crippen LogP contribution in [-0.2, 0) is 0 Å². The van der Waals surface area contributed by atoms with Crippen LogP contribution >= 0.6 is 0 Å². The zero-order chi connectivity index (χ0) is 12.1. The molecule has 1 aromatic carbocycles. The van der Waals surface area contributed by atoms with E-state index >= 15 is 0 Å². The van der Waals surface area contributed by atoms with Gasteiger partial charge in [0.2, 0.25) is 0 Å². The van der Waals surface area contributed by atoms with Crippen molar-refractivity contribution in [3.05, 3.63) is 23.8 Å². The van der Waals surface area contributed by atoms with Crippen molar-refractivity contribution in [2.75, 3.05) is 0 Å². The SMILES string of the molecule is CC(=O)c1ccc2c(c1)[Si](C)(C)C[Si]2(C)C. The summed E-state index contributed by atoms with van der Waals surface area (Å²) in [5.41, 5.74) is 2.32. The second-order valence-corrected chi connectivity index (χ2v) is 16.3. The predicted octanol–water partition coefficient (Wildman–Crippen LogP) is 2.27. The molecule has 0 atom stereocenters. The van der Waals surface area contributed by atoms with Crippen LogP contribution in [0, 0.1) is 0 Å². The Labute approximate surface area is 99.9 Å². The minimum absolute atomic E-state index is 0.193. The molecule has 1 aliphatic heterocycles. The van der Waals surface area contributed by atoms with E-state index in [0.717, 1.165) is 5.56 Å². The number of rotatable bonds is 1. The van der Waals surface area contributed by atoms with Gasteiger partial charge in [-0.25, -0.2) is 0 Å². The largest absolute Gasteiger partial charge is 0.295 e. The first-order chi connectivity index (χ1) is 7.24. The highest BCUT2D eigenvalue weighted by molar-refractivity contribution is 7.14. The maximum absolute atomic E-state index is 11.4. The smallest absolute Gasteiger partial charge is 0.159 e. The second kappa shape index (κ2) is 3.41. The van der Waals surface area contributed by atoms with Gasteiger partial charge in [0.1, 0.15) is 0 Å². The fourth-order valence-electron chi connectivity index (χ4n) is 3.21. The number of hydrogen-bond donors (Lipinski definition) is 0. The molecule has 0 saturated carbocycles. The molecule has 0 bridgehead atoms. The third-order valence-corrected chi connectivity index (χ3v) is 14.9. The Morgan fingerprint density at radius 2 is 1.62 bits per heavy atom. The van der Waals surface area contributed by atoms with Gasteiger partial charge in [-0.2, -0.15) is 0 Å². The molecular weight excluding hydrogens is 228 g/mol. The molecule has 86 valence electrons. The highest BCUT2D eigenvalue weighted by Gasteiger charge is 2.44. The number of carbonyl (C=O) groups excluding carboxylic acids is 1. The number of benzene rings is 1. The zero-order valence-corrected chi connectivity index (χ0v) is 12.8. The van der Waals surface area contributed by atoms with Gasteiger partial charge in [-0.05, 0) is 6.92 Å². The van der Waals surface area contributed by atoms with E-state index in [1.807, 2.05) is 6.07 Å². The molecule has 3 heteroatoms. The molecule has 16 heavy (non-hydrogen) atoms. The maximum atomic E-state index is 11.4. The van der Waals surface area contributed by atoms with Crippen molar-refractivity contribution < 1.29 is 4.79 Å². The van der Waals surface area contributed by atoms with Crippen LogP contribution in [0.25, 0.3) is 0 Å². The van der Waals surface area contributed by atoms with Gasteiger partial charge in [-0.1, -0.05) is 60.4 Å². The van der Waals surface area contributed by atoms with Crippen molar-refractivity contribution in [1.82, 2.24) is 0 Å². The first-order valence-corrected chi connectivity index (χ1v) is 12.3. The lowest BCUT2D eigenvalue weighted by Gasteiger charge is -2.19. The summed E-state index contributed by atoms with van der Waals surface area (Å²) in [6.45, 7) is 11.5. The average Bonchev–Trinajstić information content (AvgIpc) is 2.32. The standard InChI is InChI=1S/C13H20OSi2/c1-10(14)11-6-7-12-13(8-11)16(4,5)9-15(12,2)3/h6-8H,9H2,1-5H3. The second-order valence-electron chi connectivity index (χ2n) is 6.26. The van der Waals surface area contributed by atoms with Gasteiger partial charge in [0.05, 0.1) is 16.1 Å². The quantitative estimate of drug-likeness (QED) is 0.550. The molecular formula is C13H20OSi2. The summed E-state index contributed by atoms with van der Waals surface area (Å²) < 4.78 is 0. The molecule has 0 amide bonds. The zero-order valence-electron chi connectivity index (χ0n) is 10.8. The van der Waals surface area contributed by atoms with Gasteiger partial charge in [-0.3, -0.25) is 4.79 Å². The first-order valence-electron chi connectivity index (χ1n) is 5.90. The van der Waals surface area contributed by atoms with Crippen LogP contribution in [0.4, 0.5) is 0 Å². The van der Waals surface area contributed by atoms with Crippen LogP contribution in [0.3, 0.4) is 0 Å². The molecule has 1 heterocycles. The van der Waals surface area contributed by atoms with Crippen molar-refractivity contribution in [3.8, 4) is 0 Å². The Kier molecular flexibility index (Phi) is 2.51. The van der Waals surface area contributed by atoms with Crippen molar-refractivity contribution in [2.45, 2.75) is 38.8 Å². The predicted molar refractivity (Wildman–Crippen MR) is 75.5 cm³/mol. The molecule has 2 rings (SSSR count). The highest BCUT2D eigenvalue weighted by atomic mass is 28.4. The van der Waals surface area contributed by atoms with E-state index < -0.39 is 16.1 Å². The molecule has 0 aliphatic carbocycles. The number of Topliss-reactive ketones (excluding diaryl/α,β-unsaturated/α-hetero) is 1. The molecule has 1 aliphatic rings. The lowest BCUT2D eigenvalue weighted by atomic mass is 10.1. The highest BCUT2D eigenvalue weighted by Crippen LogP contribution is 2.26. The van der Waals surface area contributed by atoms with Gasteiger partial charge < -0.3 is 0 Å². The molecule has 0 unspecified atom stereocenters. The molecule has 1 nitrogen and oxygen atoms in total. The van der Waals surface area contributed by atoms with Gasteiger partial charge in [0.15, 0.2) is 5.78 Å². The summed E-state index contributed by atoms with van der Waals surface area (Å²) in [6.07, 6.45) is 0. The first kappa shape index (κ1) is 11.8. The molecule has 0 aromatic heterocycles. The van der Waals surface area contributed by atoms with Gasteiger partial charge in [0.25, 0.3) is 0 Å². The van der Waals surface area contributed by atoms with Crippen LogP contribution < -0.4 is 10.4 Å². The summed E-state index contributed by atoms with van der Waals surface area (Å²) >= 11 is 0. The lowest BCUT2D eigenvalue weighted by Crippen LogP contribution is -2.44. The fourth-order valence-corrected chi connectivity index (χ4v) is 18.3. The summed E-state index contributed by atoms with van der Waals surface area (Å²) in [6, 6.07) is 6.44. The Bertz CT molecular complexity index is 461. The number of hydrogen-bond acceptors (Lipinski definition) is 1. The molecule has 0 fully saturated rings. The van der Waals surface area contributed by atoms with Gasteiger partial charge in [0, 0.05) is 5.56 Å². The topological polar surface area (TPSA) is 17.1 Å². The van der Waals surface area contributed by atoms with Crippen LogP contribution in [0.2, 0.25) is 31.9 Å². The van der Waals surface area contributed by atoms with E-state index in [-0.39, 0.29) is 5.78 Å². The van der Waals surface area contributed by atoms with Crippen LogP contribution in [0.1, 0.15) is 17.3 Å². The van der Waals surface area contributed by atoms with Crippen LogP contribution in [0.15, 0.2) is 18.2 Å². The van der Waals surface area contributed by atoms with E-state index in [2.05, 4.69) is 38.3 Å². The third-order valence-electron chi connectivity index (χ3n) is 3.77. The molecule has 0 spiro atoms. The Morgan fingerprint density at radius 3 is 2.19 bits per heavy atom. The number of carbonyl (C=O) groups is 1. The monoisotopic (exact) mass is 248 g/mol. The molecule has 1 aromatic rings. The van der Waals surface area contributed by atoms with Crippen molar-refractivity contribution in [3.63, 3.8) is 0 Å². The van der Waals surface area contributed by atoms with Crippen molar-refractivity contribution >= 4 is 32.3 Å². The summed E-state index contributed by atoms with van der Waals surface area (Å²) in [5, 5.41) is 3.16. The Balaban J connectivity index is 2.63. The Hall–Kier alpha value is -0.676. The minimum atomic E-state index is -1.26. The normalized spacial score (nSPS) is 20.6. The minimum Gasteiger partial charge on any atom is -0.295 e. The molecule has 0 N–H and O–H groups in total. The van der Waals surface area contributed by atoms with E-state index in [4.69, 9.17) is 0 Å². The molecule has 0 saturated heterocycles. The average molecular weight is 248 g/mol. The van der Waals surface area contributed by atoms with E-state index in [0.29, 0.717) is 0 Å². The summed E-state index contributed by atoms with van der Waals surface area (Å²) in [7, 11) is -2.47. The lowest BCUT2D eigenvalue weighted by molar-refractivity contribution is 0.101. The van der Waals surface area contributed by atoms with Gasteiger partial charge >= 0.3 is 0 Å². The van der Waals surface area contributed by atoms with E-state index in [1.165, 1.54) is 5.67 Å². The van der Waals surface area contributed by atoms with E-state index in [9.17, 15) is 4.79 Å². The Morgan fingerprint density at radius 1 is 1.06 bits per heavy atom. The van der Waals surface area contributed by atoms with Crippen molar-refractivity contribution in [2.24, 2.45) is 0 Å². The van der Waals surface area contributed by atoms with Crippen LogP contribution in [-0.4, -0.2) is 21.9 Å². The number of fused-ring (bicyclic) bond motifs is 1. The van der Waals surface area contributed by atoms with E-state index in [1.54, 1.807) is 17.3 Å². The fraction of sp³-hybridized carbons (Fsp3) is 0.462. The third kappa shape index (κ3) is 1.72. The molecule has 0 radical (unpaired) electrons. The summed E-state index contributed by atoms with van der Waals surface area (Å²) in [4.78, 5) is 11.4. The van der Waals surface area contributed by atoms with Crippen molar-refractivity contribution in [1.29, 1.82) is 0 Å². The summed E-state index contributed by atoms with van der Waals surface area (Å²) in [5.74, 6) is 0.193.